The van der Waals surface area contributed by atoms with Crippen molar-refractivity contribution in [1.82, 2.24) is 5.32 Å². The summed E-state index contributed by atoms with van der Waals surface area (Å²) in [7, 11) is 1.73. The van der Waals surface area contributed by atoms with Gasteiger partial charge in [0.15, 0.2) is 0 Å². The highest BCUT2D eigenvalue weighted by molar-refractivity contribution is 5.94. The summed E-state index contributed by atoms with van der Waals surface area (Å²) in [6.45, 7) is 0. The highest BCUT2D eigenvalue weighted by Crippen LogP contribution is 2.19. The molecular formula is C14H18N2O2. The van der Waals surface area contributed by atoms with E-state index in [1.54, 1.807) is 11.9 Å². The molecule has 4 heteroatoms. The SMILES string of the molecule is CN(C(=O)CCC(=O)NC1CC1)c1ccccc1. The lowest BCUT2D eigenvalue weighted by atomic mass is 10.2. The maximum Gasteiger partial charge on any atom is 0.227 e. The van der Waals surface area contributed by atoms with Crippen LogP contribution in [0.2, 0.25) is 0 Å². The molecule has 4 nitrogen and oxygen atoms in total. The maximum absolute atomic E-state index is 11.9. The Morgan fingerprint density at radius 3 is 2.50 bits per heavy atom. The molecule has 1 saturated carbocycles. The van der Waals surface area contributed by atoms with Gasteiger partial charge in [-0.1, -0.05) is 18.2 Å². The molecule has 0 radical (unpaired) electrons. The third kappa shape index (κ3) is 3.58. The minimum Gasteiger partial charge on any atom is -0.353 e. The van der Waals surface area contributed by atoms with Crippen LogP contribution < -0.4 is 10.2 Å². The van der Waals surface area contributed by atoms with Gasteiger partial charge in [-0.15, -0.1) is 0 Å². The first-order valence-electron chi connectivity index (χ1n) is 6.28. The molecular weight excluding hydrogens is 228 g/mol. The standard InChI is InChI=1S/C14H18N2O2/c1-16(12-5-3-2-4-6-12)14(18)10-9-13(17)15-11-7-8-11/h2-6,11H,7-10H2,1H3,(H,15,17). The van der Waals surface area contributed by atoms with Gasteiger partial charge < -0.3 is 10.2 Å². The third-order valence-corrected chi connectivity index (χ3v) is 3.03. The van der Waals surface area contributed by atoms with E-state index < -0.39 is 0 Å². The Kier molecular flexibility index (Phi) is 3.97. The van der Waals surface area contributed by atoms with E-state index in [9.17, 15) is 9.59 Å². The van der Waals surface area contributed by atoms with Crippen molar-refractivity contribution in [3.05, 3.63) is 30.3 Å². The molecule has 0 bridgehead atoms. The molecule has 0 unspecified atom stereocenters. The van der Waals surface area contributed by atoms with Gasteiger partial charge in [-0.2, -0.15) is 0 Å². The van der Waals surface area contributed by atoms with E-state index in [1.165, 1.54) is 0 Å². The summed E-state index contributed by atoms with van der Waals surface area (Å²) in [5, 5.41) is 2.88. The average molecular weight is 246 g/mol. The number of hydrogen-bond acceptors (Lipinski definition) is 2. The van der Waals surface area contributed by atoms with Crippen molar-refractivity contribution in [2.75, 3.05) is 11.9 Å². The van der Waals surface area contributed by atoms with E-state index in [0.717, 1.165) is 18.5 Å². The number of rotatable bonds is 5. The van der Waals surface area contributed by atoms with Crippen molar-refractivity contribution in [1.29, 1.82) is 0 Å². The second-order valence-corrected chi connectivity index (χ2v) is 4.63. The molecule has 1 N–H and O–H groups in total. The monoisotopic (exact) mass is 246 g/mol. The van der Waals surface area contributed by atoms with Crippen LogP contribution >= 0.6 is 0 Å². The number of anilines is 1. The van der Waals surface area contributed by atoms with Gasteiger partial charge >= 0.3 is 0 Å². The summed E-state index contributed by atoms with van der Waals surface area (Å²) in [6.07, 6.45) is 2.67. The van der Waals surface area contributed by atoms with E-state index in [4.69, 9.17) is 0 Å². The fourth-order valence-corrected chi connectivity index (χ4v) is 1.71. The fraction of sp³-hybridized carbons (Fsp3) is 0.429. The molecule has 1 aliphatic carbocycles. The van der Waals surface area contributed by atoms with Gasteiger partial charge in [-0.3, -0.25) is 9.59 Å². The smallest absolute Gasteiger partial charge is 0.227 e. The highest BCUT2D eigenvalue weighted by Gasteiger charge is 2.23. The number of benzene rings is 1. The molecule has 18 heavy (non-hydrogen) atoms. The van der Waals surface area contributed by atoms with E-state index in [1.807, 2.05) is 30.3 Å². The summed E-state index contributed by atoms with van der Waals surface area (Å²) in [4.78, 5) is 25.0. The number of nitrogens with one attached hydrogen (secondary N) is 1. The first kappa shape index (κ1) is 12.6. The number of carbonyl (C=O) groups is 2. The van der Waals surface area contributed by atoms with Gasteiger partial charge in [0.2, 0.25) is 11.8 Å². The quantitative estimate of drug-likeness (QED) is 0.859. The van der Waals surface area contributed by atoms with Crippen molar-refractivity contribution in [3.8, 4) is 0 Å². The fourth-order valence-electron chi connectivity index (χ4n) is 1.71. The van der Waals surface area contributed by atoms with Gasteiger partial charge in [0, 0.05) is 31.6 Å². The molecule has 1 aromatic rings. The van der Waals surface area contributed by atoms with Crippen molar-refractivity contribution in [2.24, 2.45) is 0 Å². The Morgan fingerprint density at radius 1 is 1.22 bits per heavy atom. The highest BCUT2D eigenvalue weighted by atomic mass is 16.2. The van der Waals surface area contributed by atoms with Crippen LogP contribution in [0.25, 0.3) is 0 Å². The van der Waals surface area contributed by atoms with Crippen LogP contribution in [-0.4, -0.2) is 24.9 Å². The van der Waals surface area contributed by atoms with E-state index in [0.29, 0.717) is 6.04 Å². The van der Waals surface area contributed by atoms with Crippen molar-refractivity contribution in [3.63, 3.8) is 0 Å². The summed E-state index contributed by atoms with van der Waals surface area (Å²) < 4.78 is 0. The number of carbonyl (C=O) groups excluding carboxylic acids is 2. The lowest BCUT2D eigenvalue weighted by Crippen LogP contribution is -2.30. The van der Waals surface area contributed by atoms with Crippen LogP contribution in [0.4, 0.5) is 5.69 Å². The largest absolute Gasteiger partial charge is 0.353 e. The van der Waals surface area contributed by atoms with Crippen LogP contribution in [-0.2, 0) is 9.59 Å². The first-order chi connectivity index (χ1) is 8.66. The lowest BCUT2D eigenvalue weighted by molar-refractivity contribution is -0.125. The van der Waals surface area contributed by atoms with Crippen LogP contribution in [0.5, 0.6) is 0 Å². The third-order valence-electron chi connectivity index (χ3n) is 3.03. The number of amides is 2. The predicted molar refractivity (Wildman–Crippen MR) is 70.3 cm³/mol. The van der Waals surface area contributed by atoms with Gasteiger partial charge in [-0.25, -0.2) is 0 Å². The van der Waals surface area contributed by atoms with Crippen molar-refractivity contribution in [2.45, 2.75) is 31.7 Å². The minimum atomic E-state index is -0.0350. The minimum absolute atomic E-state index is 0.0210. The van der Waals surface area contributed by atoms with E-state index >= 15 is 0 Å². The van der Waals surface area contributed by atoms with Crippen LogP contribution in [0.1, 0.15) is 25.7 Å². The zero-order valence-electron chi connectivity index (χ0n) is 10.6. The normalized spacial score (nSPS) is 14.1. The molecule has 1 aromatic carbocycles. The molecule has 1 fully saturated rings. The van der Waals surface area contributed by atoms with Crippen molar-refractivity contribution < 1.29 is 9.59 Å². The Hall–Kier alpha value is -1.84. The topological polar surface area (TPSA) is 49.4 Å². The van der Waals surface area contributed by atoms with E-state index in [-0.39, 0.29) is 24.7 Å². The summed E-state index contributed by atoms with van der Waals surface area (Å²) in [6, 6.07) is 9.80. The molecule has 0 aliphatic heterocycles. The zero-order valence-corrected chi connectivity index (χ0v) is 10.6. The van der Waals surface area contributed by atoms with Gasteiger partial charge in [-0.05, 0) is 25.0 Å². The average Bonchev–Trinajstić information content (AvgIpc) is 3.20. The second kappa shape index (κ2) is 5.67. The van der Waals surface area contributed by atoms with E-state index in [2.05, 4.69) is 5.32 Å². The Bertz CT molecular complexity index is 427. The molecule has 0 saturated heterocycles. The number of nitrogens with zero attached hydrogens (tertiary/aromatic N) is 1. The van der Waals surface area contributed by atoms with Gasteiger partial charge in [0.05, 0.1) is 0 Å². The van der Waals surface area contributed by atoms with Gasteiger partial charge in [0.1, 0.15) is 0 Å². The summed E-state index contributed by atoms with van der Waals surface area (Å²) in [5.41, 5.74) is 0.852. The lowest BCUT2D eigenvalue weighted by Gasteiger charge is -2.17. The Balaban J connectivity index is 1.78. The molecule has 0 atom stereocenters. The molecule has 2 rings (SSSR count). The molecule has 96 valence electrons. The van der Waals surface area contributed by atoms with Crippen LogP contribution in [0.3, 0.4) is 0 Å². The van der Waals surface area contributed by atoms with Gasteiger partial charge in [0.25, 0.3) is 0 Å². The summed E-state index contributed by atoms with van der Waals surface area (Å²) in [5.74, 6) is -0.0561. The number of para-hydroxylation sites is 1. The summed E-state index contributed by atoms with van der Waals surface area (Å²) >= 11 is 0. The second-order valence-electron chi connectivity index (χ2n) is 4.63. The van der Waals surface area contributed by atoms with Crippen LogP contribution in [0.15, 0.2) is 30.3 Å². The molecule has 0 heterocycles. The molecule has 0 spiro atoms. The molecule has 0 aromatic heterocycles. The van der Waals surface area contributed by atoms with Crippen LogP contribution in [0, 0.1) is 0 Å². The molecule has 1 aliphatic rings. The molecule has 2 amide bonds. The van der Waals surface area contributed by atoms with Crippen molar-refractivity contribution >= 4 is 17.5 Å². The Labute approximate surface area is 107 Å². The predicted octanol–water partition coefficient (Wildman–Crippen LogP) is 1.71. The Morgan fingerprint density at radius 2 is 1.89 bits per heavy atom. The first-order valence-corrected chi connectivity index (χ1v) is 6.28. The maximum atomic E-state index is 11.9. The number of hydrogen-bond donors (Lipinski definition) is 1. The zero-order chi connectivity index (χ0) is 13.0.